The maximum atomic E-state index is 12.7. The second-order valence-corrected chi connectivity index (χ2v) is 9.45. The summed E-state index contributed by atoms with van der Waals surface area (Å²) in [6.07, 6.45) is 0. The zero-order valence-corrected chi connectivity index (χ0v) is 12.5. The van der Waals surface area contributed by atoms with Crippen molar-refractivity contribution in [2.24, 2.45) is 0 Å². The number of alkyl halides is 2. The molecule has 0 spiro atoms. The first-order valence-corrected chi connectivity index (χ1v) is 7.73. The molecule has 0 amide bonds. The van der Waals surface area contributed by atoms with Crippen LogP contribution in [0.5, 0.6) is 0 Å². The molecule has 3 nitrogen and oxygen atoms in total. The van der Waals surface area contributed by atoms with Crippen molar-refractivity contribution in [2.45, 2.75) is 9.14 Å². The second kappa shape index (κ2) is 5.19. The molecule has 0 saturated heterocycles. The van der Waals surface area contributed by atoms with Crippen LogP contribution in [0.1, 0.15) is 17.3 Å². The molecule has 0 aromatic heterocycles. The highest BCUT2D eigenvalue weighted by Crippen LogP contribution is 2.35. The monoisotopic (exact) mass is 390 g/mol. The number of carbonyl (C=O) groups is 1. The van der Waals surface area contributed by atoms with Gasteiger partial charge in [0, 0.05) is 5.56 Å². The number of hydrogen-bond donors (Lipinski definition) is 0. The smallest absolute Gasteiger partial charge is 0.257 e. The molecule has 0 unspecified atom stereocenters. The molecular formula is C10H9ClFIO3S. The molecule has 0 aliphatic carbocycles. The summed E-state index contributed by atoms with van der Waals surface area (Å²) in [5.41, 5.74) is 0.0628. The van der Waals surface area contributed by atoms with Gasteiger partial charge < -0.3 is 0 Å². The van der Waals surface area contributed by atoms with E-state index in [4.69, 9.17) is 11.6 Å². The fourth-order valence-electron chi connectivity index (χ4n) is 1.09. The van der Waals surface area contributed by atoms with E-state index in [2.05, 4.69) is 0 Å². The fraction of sp³-hybridized carbons (Fsp3) is 0.300. The third-order valence-electron chi connectivity index (χ3n) is 2.14. The van der Waals surface area contributed by atoms with Crippen molar-refractivity contribution < 1.29 is 17.6 Å². The predicted octanol–water partition coefficient (Wildman–Crippen LogP) is 2.77. The van der Waals surface area contributed by atoms with Crippen LogP contribution in [0.2, 0.25) is 0 Å². The molecule has 0 fully saturated rings. The zero-order chi connectivity index (χ0) is 13.3. The molecule has 94 valence electrons. The molecule has 17 heavy (non-hydrogen) atoms. The average Bonchev–Trinajstić information content (AvgIpc) is 2.28. The van der Waals surface area contributed by atoms with Crippen LogP contribution >= 0.6 is 34.2 Å². The molecule has 0 saturated carbocycles. The summed E-state index contributed by atoms with van der Waals surface area (Å²) >= 11 is 7.20. The van der Waals surface area contributed by atoms with Gasteiger partial charge in [-0.2, -0.15) is 0 Å². The normalized spacial score (nSPS) is 15.3. The Kier molecular flexibility index (Phi) is 4.54. The van der Waals surface area contributed by atoms with Crippen LogP contribution in [0.25, 0.3) is 0 Å². The Morgan fingerprint density at radius 1 is 1.41 bits per heavy atom. The first-order chi connectivity index (χ1) is 7.72. The number of hydrogen-bond acceptors (Lipinski definition) is 3. The molecule has 1 aromatic carbocycles. The predicted molar refractivity (Wildman–Crippen MR) is 72.8 cm³/mol. The van der Waals surface area contributed by atoms with Crippen molar-refractivity contribution >= 4 is 49.8 Å². The molecule has 0 bridgehead atoms. The molecule has 1 rings (SSSR count). The second-order valence-electron chi connectivity index (χ2n) is 3.26. The Morgan fingerprint density at radius 3 is 2.29 bits per heavy atom. The van der Waals surface area contributed by atoms with Gasteiger partial charge in [0.05, 0.1) is 5.75 Å². The Morgan fingerprint density at radius 2 is 1.88 bits per heavy atom. The van der Waals surface area contributed by atoms with E-state index in [1.807, 2.05) is 0 Å². The number of Topliss-reactive ketones (excluding diaryl/α,β-unsaturated/α-hetero) is 1. The highest BCUT2D eigenvalue weighted by atomic mass is 127. The molecule has 0 radical (unpaired) electrons. The van der Waals surface area contributed by atoms with Crippen LogP contribution in [-0.4, -0.2) is 22.2 Å². The van der Waals surface area contributed by atoms with Crippen LogP contribution in [0.4, 0.5) is 4.39 Å². The molecule has 0 N–H and O–H groups in total. The van der Waals surface area contributed by atoms with Gasteiger partial charge in [-0.3, -0.25) is 4.79 Å². The minimum atomic E-state index is -3.75. The van der Waals surface area contributed by atoms with Crippen LogP contribution in [0, 0.1) is 5.82 Å². The van der Waals surface area contributed by atoms with E-state index in [1.54, 1.807) is 0 Å². The Balaban J connectivity index is 3.18. The lowest BCUT2D eigenvalue weighted by molar-refractivity contribution is 0.100. The summed E-state index contributed by atoms with van der Waals surface area (Å²) in [4.78, 5) is 11.9. The van der Waals surface area contributed by atoms with Crippen molar-refractivity contribution in [3.05, 3.63) is 35.6 Å². The van der Waals surface area contributed by atoms with Crippen molar-refractivity contribution in [3.8, 4) is 0 Å². The van der Waals surface area contributed by atoms with E-state index in [0.29, 0.717) is 0 Å². The summed E-state index contributed by atoms with van der Waals surface area (Å²) in [5, 5.41) is 0. The largest absolute Gasteiger partial charge is 0.290 e. The van der Waals surface area contributed by atoms with Crippen molar-refractivity contribution in [1.82, 2.24) is 0 Å². The summed E-state index contributed by atoms with van der Waals surface area (Å²) in [5.74, 6) is -1.51. The quantitative estimate of drug-likeness (QED) is 0.451. The minimum Gasteiger partial charge on any atom is -0.290 e. The number of benzene rings is 1. The number of carbonyl (C=O) groups excluding carboxylic acids is 1. The molecule has 7 heteroatoms. The summed E-state index contributed by atoms with van der Waals surface area (Å²) < 4.78 is 34.0. The highest BCUT2D eigenvalue weighted by Gasteiger charge is 2.45. The molecule has 1 aromatic rings. The summed E-state index contributed by atoms with van der Waals surface area (Å²) in [7, 11) is -3.75. The maximum Gasteiger partial charge on any atom is 0.257 e. The third kappa shape index (κ3) is 2.97. The van der Waals surface area contributed by atoms with E-state index in [-0.39, 0.29) is 11.3 Å². The van der Waals surface area contributed by atoms with E-state index in [0.717, 1.165) is 12.1 Å². The van der Waals surface area contributed by atoms with Crippen molar-refractivity contribution in [3.63, 3.8) is 0 Å². The van der Waals surface area contributed by atoms with Crippen LogP contribution in [0.3, 0.4) is 0 Å². The van der Waals surface area contributed by atoms with E-state index in [1.165, 1.54) is 41.6 Å². The van der Waals surface area contributed by atoms with Crippen molar-refractivity contribution in [1.29, 1.82) is 0 Å². The van der Waals surface area contributed by atoms with E-state index < -0.39 is 23.7 Å². The molecule has 0 aliphatic rings. The number of rotatable bonds is 4. The van der Waals surface area contributed by atoms with Gasteiger partial charge in [0.2, 0.25) is 5.78 Å². The lowest BCUT2D eigenvalue weighted by Gasteiger charge is -2.18. The number of ketones is 1. The average molecular weight is 391 g/mol. The summed E-state index contributed by atoms with van der Waals surface area (Å²) in [6, 6.07) is 4.57. The minimum absolute atomic E-state index is 0.0628. The first-order valence-electron chi connectivity index (χ1n) is 4.63. The topological polar surface area (TPSA) is 51.2 Å². The zero-order valence-electron chi connectivity index (χ0n) is 8.78. The molecule has 0 heterocycles. The third-order valence-corrected chi connectivity index (χ3v) is 7.25. The number of sulfone groups is 1. The Labute approximate surface area is 117 Å². The van der Waals surface area contributed by atoms with Gasteiger partial charge in [0.15, 0.2) is 9.84 Å². The molecule has 0 aliphatic heterocycles. The number of halogens is 3. The first kappa shape index (κ1) is 14.8. The lowest BCUT2D eigenvalue weighted by Crippen LogP contribution is -2.36. The highest BCUT2D eigenvalue weighted by molar-refractivity contribution is 14.1. The van der Waals surface area contributed by atoms with Gasteiger partial charge in [0.25, 0.3) is 2.21 Å². The lowest BCUT2D eigenvalue weighted by atomic mass is 10.1. The molecule has 1 atom stereocenters. The van der Waals surface area contributed by atoms with E-state index >= 15 is 0 Å². The standard InChI is InChI=1S/C10H9ClFIO3S/c1-2-17(15,16)10(11,13)9(14)7-3-5-8(12)6-4-7/h3-6H,2H2,1H3/t10-/m1/s1. The molecular weight excluding hydrogens is 382 g/mol. The van der Waals surface area contributed by atoms with Gasteiger partial charge in [-0.1, -0.05) is 18.5 Å². The summed E-state index contributed by atoms with van der Waals surface area (Å²) in [6.45, 7) is 1.41. The van der Waals surface area contributed by atoms with Gasteiger partial charge in [-0.25, -0.2) is 12.8 Å². The van der Waals surface area contributed by atoms with Crippen LogP contribution in [0.15, 0.2) is 24.3 Å². The van der Waals surface area contributed by atoms with Gasteiger partial charge in [-0.15, -0.1) is 0 Å². The SMILES string of the molecule is CCS(=O)(=O)[C@](Cl)(I)C(=O)c1ccc(F)cc1. The van der Waals surface area contributed by atoms with Crippen LogP contribution < -0.4 is 0 Å². The Bertz CT molecular complexity index is 525. The maximum absolute atomic E-state index is 12.7. The van der Waals surface area contributed by atoms with Gasteiger partial charge >= 0.3 is 0 Å². The Hall–Kier alpha value is -0.210. The van der Waals surface area contributed by atoms with E-state index in [9.17, 15) is 17.6 Å². The van der Waals surface area contributed by atoms with Gasteiger partial charge in [-0.05, 0) is 46.9 Å². The van der Waals surface area contributed by atoms with Crippen LogP contribution in [-0.2, 0) is 9.84 Å². The fourth-order valence-corrected chi connectivity index (χ4v) is 3.54. The van der Waals surface area contributed by atoms with Crippen molar-refractivity contribution in [2.75, 3.05) is 5.75 Å². The van der Waals surface area contributed by atoms with Gasteiger partial charge in [0.1, 0.15) is 5.82 Å².